The standard InChI is InChI=1S/C35H35ClN2O3/c1-22(24-10-6-5-7-11-24)37-31(39)21-41-34(40)32-28-12-8-9-13-30(28)38-33-25(18-23-14-16-27(36)17-15-23)19-26(20-29(32)33)35(2,3)4/h5-18,22,26H,19-21H2,1-4H3,(H,37,39)/b25-18+. The van der Waals surface area contributed by atoms with Crippen molar-refractivity contribution in [3.05, 3.63) is 112 Å². The molecule has 6 heteroatoms. The van der Waals surface area contributed by atoms with Crippen LogP contribution in [0, 0.1) is 11.3 Å². The zero-order valence-corrected chi connectivity index (χ0v) is 24.7. The quantitative estimate of drug-likeness (QED) is 0.240. The van der Waals surface area contributed by atoms with Gasteiger partial charge in [-0.15, -0.1) is 0 Å². The average Bonchev–Trinajstić information content (AvgIpc) is 2.96. The molecule has 0 spiro atoms. The molecule has 1 N–H and O–H groups in total. The molecule has 0 radical (unpaired) electrons. The van der Waals surface area contributed by atoms with Crippen molar-refractivity contribution in [2.75, 3.05) is 6.61 Å². The summed E-state index contributed by atoms with van der Waals surface area (Å²) in [6.07, 6.45) is 3.66. The topological polar surface area (TPSA) is 68.3 Å². The van der Waals surface area contributed by atoms with E-state index in [9.17, 15) is 9.59 Å². The number of amides is 1. The number of fused-ring (bicyclic) bond motifs is 2. The first-order valence-corrected chi connectivity index (χ1v) is 14.4. The van der Waals surface area contributed by atoms with Gasteiger partial charge in [-0.25, -0.2) is 9.78 Å². The van der Waals surface area contributed by atoms with E-state index in [2.05, 4.69) is 32.2 Å². The number of ether oxygens (including phenoxy) is 1. The first kappa shape index (κ1) is 28.6. The second-order valence-corrected chi connectivity index (χ2v) is 12.2. The molecule has 5 rings (SSSR count). The number of hydrogen-bond donors (Lipinski definition) is 1. The Kier molecular flexibility index (Phi) is 8.27. The third-order valence-electron chi connectivity index (χ3n) is 7.87. The van der Waals surface area contributed by atoms with Crippen molar-refractivity contribution in [1.29, 1.82) is 0 Å². The highest BCUT2D eigenvalue weighted by Crippen LogP contribution is 2.45. The number of aromatic nitrogens is 1. The Morgan fingerprint density at radius 1 is 1.00 bits per heavy atom. The summed E-state index contributed by atoms with van der Waals surface area (Å²) in [6, 6.07) is 24.8. The molecule has 210 valence electrons. The van der Waals surface area contributed by atoms with E-state index in [1.807, 2.05) is 85.8 Å². The van der Waals surface area contributed by atoms with E-state index in [1.54, 1.807) is 0 Å². The lowest BCUT2D eigenvalue weighted by Gasteiger charge is -2.36. The summed E-state index contributed by atoms with van der Waals surface area (Å²) in [5.41, 5.74) is 5.97. The van der Waals surface area contributed by atoms with E-state index in [-0.39, 0.29) is 29.9 Å². The van der Waals surface area contributed by atoms with E-state index in [0.717, 1.165) is 45.3 Å². The van der Waals surface area contributed by atoms with Crippen LogP contribution >= 0.6 is 11.6 Å². The SMILES string of the molecule is CC(NC(=O)COC(=O)c1c2c(nc3ccccc13)/C(=C/c1ccc(Cl)cc1)CC(C(C)(C)C)C2)c1ccccc1. The summed E-state index contributed by atoms with van der Waals surface area (Å²) in [5, 5.41) is 4.33. The van der Waals surface area contributed by atoms with Gasteiger partial charge in [-0.2, -0.15) is 0 Å². The minimum absolute atomic E-state index is 0.00292. The number of nitrogens with one attached hydrogen (secondary N) is 1. The first-order chi connectivity index (χ1) is 19.6. The van der Waals surface area contributed by atoms with Gasteiger partial charge in [-0.1, -0.05) is 93.0 Å². The summed E-state index contributed by atoms with van der Waals surface area (Å²) in [5.74, 6) is -0.585. The highest BCUT2D eigenvalue weighted by Gasteiger charge is 2.35. The molecule has 3 aromatic carbocycles. The summed E-state index contributed by atoms with van der Waals surface area (Å²) in [6.45, 7) is 8.23. The molecule has 4 aromatic rings. The second kappa shape index (κ2) is 11.9. The van der Waals surface area contributed by atoms with Crippen LogP contribution in [0.15, 0.2) is 78.9 Å². The van der Waals surface area contributed by atoms with Gasteiger partial charge in [-0.05, 0) is 77.6 Å². The smallest absolute Gasteiger partial charge is 0.339 e. The normalized spacial score (nSPS) is 16.7. The van der Waals surface area contributed by atoms with Gasteiger partial charge < -0.3 is 10.1 Å². The monoisotopic (exact) mass is 566 g/mol. The Labute approximate surface area is 246 Å². The van der Waals surface area contributed by atoms with Crippen LogP contribution < -0.4 is 5.32 Å². The molecule has 2 atom stereocenters. The van der Waals surface area contributed by atoms with Crippen LogP contribution in [0.5, 0.6) is 0 Å². The molecule has 0 saturated carbocycles. The van der Waals surface area contributed by atoms with Crippen LogP contribution in [-0.2, 0) is 16.0 Å². The van der Waals surface area contributed by atoms with Crippen LogP contribution in [0.1, 0.15) is 72.9 Å². The van der Waals surface area contributed by atoms with Crippen LogP contribution in [0.2, 0.25) is 5.02 Å². The van der Waals surface area contributed by atoms with Gasteiger partial charge in [-0.3, -0.25) is 4.79 Å². The van der Waals surface area contributed by atoms with E-state index < -0.39 is 5.97 Å². The molecule has 1 amide bonds. The van der Waals surface area contributed by atoms with Gasteiger partial charge in [0.2, 0.25) is 0 Å². The van der Waals surface area contributed by atoms with Gasteiger partial charge in [0.15, 0.2) is 6.61 Å². The summed E-state index contributed by atoms with van der Waals surface area (Å²) >= 11 is 6.14. The number of hydrogen-bond acceptors (Lipinski definition) is 4. The molecule has 0 bridgehead atoms. The predicted octanol–water partition coefficient (Wildman–Crippen LogP) is 8.07. The molecule has 1 heterocycles. The molecule has 1 aliphatic carbocycles. The zero-order chi connectivity index (χ0) is 29.1. The van der Waals surface area contributed by atoms with Crippen molar-refractivity contribution in [3.8, 4) is 0 Å². The molecule has 0 fully saturated rings. The predicted molar refractivity (Wildman–Crippen MR) is 166 cm³/mol. The van der Waals surface area contributed by atoms with Crippen LogP contribution in [0.4, 0.5) is 0 Å². The van der Waals surface area contributed by atoms with Gasteiger partial charge in [0.1, 0.15) is 0 Å². The Morgan fingerprint density at radius 3 is 2.39 bits per heavy atom. The summed E-state index contributed by atoms with van der Waals surface area (Å²) in [4.78, 5) is 31.6. The van der Waals surface area contributed by atoms with Crippen molar-refractivity contribution >= 4 is 46.0 Å². The number of carbonyl (C=O) groups is 2. The molecule has 41 heavy (non-hydrogen) atoms. The summed E-state index contributed by atoms with van der Waals surface area (Å²) in [7, 11) is 0. The first-order valence-electron chi connectivity index (χ1n) is 14.0. The van der Waals surface area contributed by atoms with E-state index in [4.69, 9.17) is 21.3 Å². The molecule has 2 unspecified atom stereocenters. The van der Waals surface area contributed by atoms with Crippen LogP contribution in [0.3, 0.4) is 0 Å². The number of para-hydroxylation sites is 1. The number of benzene rings is 3. The summed E-state index contributed by atoms with van der Waals surface area (Å²) < 4.78 is 5.68. The fourth-order valence-corrected chi connectivity index (χ4v) is 5.57. The maximum absolute atomic E-state index is 13.8. The van der Waals surface area contributed by atoms with Gasteiger partial charge >= 0.3 is 5.97 Å². The minimum atomic E-state index is -0.511. The van der Waals surface area contributed by atoms with Crippen molar-refractivity contribution < 1.29 is 14.3 Å². The van der Waals surface area contributed by atoms with E-state index >= 15 is 0 Å². The highest BCUT2D eigenvalue weighted by molar-refractivity contribution is 6.30. The number of pyridine rings is 1. The van der Waals surface area contributed by atoms with Crippen molar-refractivity contribution in [3.63, 3.8) is 0 Å². The van der Waals surface area contributed by atoms with Crippen molar-refractivity contribution in [2.24, 2.45) is 11.3 Å². The van der Waals surface area contributed by atoms with Crippen LogP contribution in [-0.4, -0.2) is 23.5 Å². The van der Waals surface area contributed by atoms with E-state index in [0.29, 0.717) is 17.0 Å². The lowest BCUT2D eigenvalue weighted by molar-refractivity contribution is -0.124. The zero-order valence-electron chi connectivity index (χ0n) is 23.9. The molecule has 1 aromatic heterocycles. The number of esters is 1. The third kappa shape index (κ3) is 6.52. The number of rotatable bonds is 6. The number of halogens is 1. The van der Waals surface area contributed by atoms with Crippen molar-refractivity contribution in [2.45, 2.75) is 46.6 Å². The third-order valence-corrected chi connectivity index (χ3v) is 8.12. The Bertz CT molecular complexity index is 1600. The maximum Gasteiger partial charge on any atom is 0.339 e. The Balaban J connectivity index is 1.51. The lowest BCUT2D eigenvalue weighted by atomic mass is 9.69. The molecular weight excluding hydrogens is 532 g/mol. The second-order valence-electron chi connectivity index (χ2n) is 11.8. The molecule has 5 nitrogen and oxygen atoms in total. The van der Waals surface area contributed by atoms with Crippen LogP contribution in [0.25, 0.3) is 22.6 Å². The fourth-order valence-electron chi connectivity index (χ4n) is 5.44. The Hall–Kier alpha value is -3.96. The minimum Gasteiger partial charge on any atom is -0.452 e. The molecule has 0 saturated heterocycles. The van der Waals surface area contributed by atoms with Gasteiger partial charge in [0, 0.05) is 10.4 Å². The maximum atomic E-state index is 13.8. The Morgan fingerprint density at radius 2 is 1.68 bits per heavy atom. The van der Waals surface area contributed by atoms with Gasteiger partial charge in [0.25, 0.3) is 5.91 Å². The number of carbonyl (C=O) groups excluding carboxylic acids is 2. The molecule has 1 aliphatic rings. The highest BCUT2D eigenvalue weighted by atomic mass is 35.5. The van der Waals surface area contributed by atoms with Gasteiger partial charge in [0.05, 0.1) is 22.8 Å². The number of allylic oxidation sites excluding steroid dienone is 1. The number of nitrogens with zero attached hydrogens (tertiary/aromatic N) is 1. The molecular formula is C35H35ClN2O3. The van der Waals surface area contributed by atoms with Crippen molar-refractivity contribution in [1.82, 2.24) is 10.3 Å². The average molecular weight is 567 g/mol. The van der Waals surface area contributed by atoms with E-state index in [1.165, 1.54) is 0 Å². The fraction of sp³-hybridized carbons (Fsp3) is 0.286. The molecule has 0 aliphatic heterocycles. The lowest BCUT2D eigenvalue weighted by Crippen LogP contribution is -2.32. The largest absolute Gasteiger partial charge is 0.452 e.